The molecule has 0 N–H and O–H groups in total. The number of benzene rings is 1. The van der Waals surface area contributed by atoms with E-state index in [1.807, 2.05) is 0 Å². The molecule has 1 aromatic carbocycles. The molecule has 1 fully saturated rings. The third-order valence-electron chi connectivity index (χ3n) is 3.44. The van der Waals surface area contributed by atoms with E-state index in [1.54, 1.807) is 0 Å². The van der Waals surface area contributed by atoms with Crippen molar-refractivity contribution < 1.29 is 0 Å². The molecule has 0 aliphatic heterocycles. The Hall–Kier alpha value is -0.0100. The molecule has 2 unspecified atom stereocenters. The van der Waals surface area contributed by atoms with Crippen LogP contribution in [0.2, 0.25) is 5.02 Å². The zero-order chi connectivity index (χ0) is 11.5. The molecule has 2 heteroatoms. The lowest BCUT2D eigenvalue weighted by molar-refractivity contribution is 0.368. The van der Waals surface area contributed by atoms with Gasteiger partial charge >= 0.3 is 0 Å². The SMILES string of the molecule is Cc1ccc(CC2CCCC(Br)C2)c(Cl)c1. The van der Waals surface area contributed by atoms with Crippen LogP contribution in [0.25, 0.3) is 0 Å². The smallest absolute Gasteiger partial charge is 0.0440 e. The van der Waals surface area contributed by atoms with Gasteiger partial charge in [-0.25, -0.2) is 0 Å². The van der Waals surface area contributed by atoms with Crippen molar-refractivity contribution in [3.8, 4) is 0 Å². The molecule has 0 spiro atoms. The van der Waals surface area contributed by atoms with Gasteiger partial charge in [0, 0.05) is 9.85 Å². The second-order valence-corrected chi connectivity index (χ2v) is 6.63. The number of halogens is 2. The minimum atomic E-state index is 0.718. The number of rotatable bonds is 2. The summed E-state index contributed by atoms with van der Waals surface area (Å²) in [6.07, 6.45) is 6.47. The van der Waals surface area contributed by atoms with E-state index in [-0.39, 0.29) is 0 Å². The second kappa shape index (κ2) is 5.55. The Balaban J connectivity index is 2.02. The summed E-state index contributed by atoms with van der Waals surface area (Å²) in [4.78, 5) is 0.718. The largest absolute Gasteiger partial charge is 0.0891 e. The van der Waals surface area contributed by atoms with Gasteiger partial charge in [-0.1, -0.05) is 52.5 Å². The first-order valence-corrected chi connectivity index (χ1v) is 7.33. The molecule has 0 saturated heterocycles. The quantitative estimate of drug-likeness (QED) is 0.663. The molecule has 0 aromatic heterocycles. The highest BCUT2D eigenvalue weighted by Crippen LogP contribution is 2.32. The summed E-state index contributed by atoms with van der Waals surface area (Å²) >= 11 is 10.0. The summed E-state index contributed by atoms with van der Waals surface area (Å²) in [6.45, 7) is 2.09. The first kappa shape index (κ1) is 12.4. The molecule has 2 rings (SSSR count). The van der Waals surface area contributed by atoms with Crippen LogP contribution in [0.15, 0.2) is 18.2 Å². The van der Waals surface area contributed by atoms with Crippen molar-refractivity contribution in [3.05, 3.63) is 34.3 Å². The van der Waals surface area contributed by atoms with Gasteiger partial charge in [-0.15, -0.1) is 0 Å². The van der Waals surface area contributed by atoms with E-state index in [9.17, 15) is 0 Å². The normalized spacial score (nSPS) is 25.7. The Morgan fingerprint density at radius 3 is 2.88 bits per heavy atom. The Kier molecular flexibility index (Phi) is 4.32. The first-order chi connectivity index (χ1) is 7.65. The van der Waals surface area contributed by atoms with Crippen molar-refractivity contribution in [1.29, 1.82) is 0 Å². The first-order valence-electron chi connectivity index (χ1n) is 6.04. The van der Waals surface area contributed by atoms with Gasteiger partial charge in [-0.05, 0) is 49.3 Å². The Morgan fingerprint density at radius 1 is 1.38 bits per heavy atom. The van der Waals surface area contributed by atoms with Crippen molar-refractivity contribution in [2.45, 2.75) is 43.9 Å². The zero-order valence-electron chi connectivity index (χ0n) is 9.68. The van der Waals surface area contributed by atoms with Crippen LogP contribution in [0.5, 0.6) is 0 Å². The van der Waals surface area contributed by atoms with Crippen molar-refractivity contribution in [2.75, 3.05) is 0 Å². The predicted octanol–water partition coefficient (Wildman–Crippen LogP) is 5.14. The van der Waals surface area contributed by atoms with E-state index in [0.29, 0.717) is 0 Å². The fourth-order valence-electron chi connectivity index (χ4n) is 2.54. The van der Waals surface area contributed by atoms with Gasteiger partial charge in [-0.2, -0.15) is 0 Å². The highest BCUT2D eigenvalue weighted by molar-refractivity contribution is 9.09. The minimum absolute atomic E-state index is 0.718. The van der Waals surface area contributed by atoms with Gasteiger partial charge in [0.15, 0.2) is 0 Å². The van der Waals surface area contributed by atoms with Gasteiger partial charge in [0.25, 0.3) is 0 Å². The van der Waals surface area contributed by atoms with Gasteiger partial charge in [0.05, 0.1) is 0 Å². The monoisotopic (exact) mass is 300 g/mol. The number of alkyl halides is 1. The van der Waals surface area contributed by atoms with Crippen molar-refractivity contribution in [3.63, 3.8) is 0 Å². The number of hydrogen-bond acceptors (Lipinski definition) is 0. The van der Waals surface area contributed by atoms with Crippen LogP contribution in [0, 0.1) is 12.8 Å². The van der Waals surface area contributed by atoms with Crippen LogP contribution in [0.3, 0.4) is 0 Å². The Morgan fingerprint density at radius 2 is 2.19 bits per heavy atom. The summed E-state index contributed by atoms with van der Waals surface area (Å²) in [5.74, 6) is 0.804. The lowest BCUT2D eigenvalue weighted by Crippen LogP contribution is -2.17. The van der Waals surface area contributed by atoms with Crippen LogP contribution < -0.4 is 0 Å². The third-order valence-corrected chi connectivity index (χ3v) is 4.62. The summed E-state index contributed by atoms with van der Waals surface area (Å²) in [7, 11) is 0. The van der Waals surface area contributed by atoms with Gasteiger partial charge in [0.2, 0.25) is 0 Å². The van der Waals surface area contributed by atoms with E-state index in [1.165, 1.54) is 36.8 Å². The molecule has 0 amide bonds. The maximum Gasteiger partial charge on any atom is 0.0440 e. The third kappa shape index (κ3) is 3.24. The summed E-state index contributed by atoms with van der Waals surface area (Å²) in [5, 5.41) is 0.941. The number of hydrogen-bond donors (Lipinski definition) is 0. The van der Waals surface area contributed by atoms with Crippen LogP contribution in [0.1, 0.15) is 36.8 Å². The van der Waals surface area contributed by atoms with E-state index in [2.05, 4.69) is 41.1 Å². The van der Waals surface area contributed by atoms with Gasteiger partial charge in [0.1, 0.15) is 0 Å². The molecule has 0 nitrogen and oxygen atoms in total. The van der Waals surface area contributed by atoms with E-state index in [0.717, 1.165) is 22.2 Å². The fourth-order valence-corrected chi connectivity index (χ4v) is 3.70. The Bertz CT molecular complexity index is 362. The molecule has 16 heavy (non-hydrogen) atoms. The van der Waals surface area contributed by atoms with Gasteiger partial charge in [-0.3, -0.25) is 0 Å². The molecule has 0 heterocycles. The molecule has 1 aliphatic rings. The maximum absolute atomic E-state index is 6.27. The minimum Gasteiger partial charge on any atom is -0.0891 e. The second-order valence-electron chi connectivity index (χ2n) is 4.93. The molecule has 0 radical (unpaired) electrons. The summed E-state index contributed by atoms with van der Waals surface area (Å²) in [6, 6.07) is 6.43. The lowest BCUT2D eigenvalue weighted by atomic mass is 9.84. The van der Waals surface area contributed by atoms with Crippen LogP contribution in [-0.2, 0) is 6.42 Å². The molecule has 1 aromatic rings. The average Bonchev–Trinajstić information content (AvgIpc) is 2.22. The lowest BCUT2D eigenvalue weighted by Gasteiger charge is -2.26. The van der Waals surface area contributed by atoms with Crippen molar-refractivity contribution in [2.24, 2.45) is 5.92 Å². The van der Waals surface area contributed by atoms with Gasteiger partial charge < -0.3 is 0 Å². The van der Waals surface area contributed by atoms with Crippen LogP contribution in [-0.4, -0.2) is 4.83 Å². The van der Waals surface area contributed by atoms with E-state index >= 15 is 0 Å². The molecular weight excluding hydrogens is 284 g/mol. The standard InChI is InChI=1S/C14H18BrCl/c1-10-5-6-12(14(16)7-10)8-11-3-2-4-13(15)9-11/h5-7,11,13H,2-4,8-9H2,1H3. The molecule has 0 bridgehead atoms. The number of aryl methyl sites for hydroxylation is 1. The molecular formula is C14H18BrCl. The molecule has 1 saturated carbocycles. The predicted molar refractivity (Wildman–Crippen MR) is 74.6 cm³/mol. The summed E-state index contributed by atoms with van der Waals surface area (Å²) < 4.78 is 0. The average molecular weight is 302 g/mol. The molecule has 2 atom stereocenters. The maximum atomic E-state index is 6.27. The van der Waals surface area contributed by atoms with E-state index < -0.39 is 0 Å². The summed E-state index contributed by atoms with van der Waals surface area (Å²) in [5.41, 5.74) is 2.56. The van der Waals surface area contributed by atoms with E-state index in [4.69, 9.17) is 11.6 Å². The van der Waals surface area contributed by atoms with Crippen molar-refractivity contribution >= 4 is 27.5 Å². The molecule has 1 aliphatic carbocycles. The topological polar surface area (TPSA) is 0 Å². The highest BCUT2D eigenvalue weighted by atomic mass is 79.9. The Labute approximate surface area is 112 Å². The molecule has 88 valence electrons. The highest BCUT2D eigenvalue weighted by Gasteiger charge is 2.20. The van der Waals surface area contributed by atoms with Crippen LogP contribution in [0.4, 0.5) is 0 Å². The fraction of sp³-hybridized carbons (Fsp3) is 0.571. The van der Waals surface area contributed by atoms with Crippen LogP contribution >= 0.6 is 27.5 Å². The zero-order valence-corrected chi connectivity index (χ0v) is 12.0. The van der Waals surface area contributed by atoms with Crippen molar-refractivity contribution in [1.82, 2.24) is 0 Å².